The first-order valence-corrected chi connectivity index (χ1v) is 22.5. The Morgan fingerprint density at radius 3 is 1.43 bits per heavy atom. The minimum atomic E-state index is -5.11. The molecule has 6 unspecified atom stereocenters. The maximum atomic E-state index is 12.8. The Morgan fingerprint density at radius 2 is 0.944 bits per heavy atom. The smallest absolute Gasteiger partial charge is 0.462 e. The van der Waals surface area contributed by atoms with Crippen molar-refractivity contribution in [3.05, 3.63) is 12.2 Å². The van der Waals surface area contributed by atoms with Gasteiger partial charge in [0, 0.05) is 12.8 Å². The van der Waals surface area contributed by atoms with E-state index in [1.807, 2.05) is 0 Å². The molecular weight excluding hydrogens is 719 g/mol. The van der Waals surface area contributed by atoms with Gasteiger partial charge in [-0.2, -0.15) is 0 Å². The Balaban J connectivity index is 2.50. The average Bonchev–Trinajstić information content (AvgIpc) is 3.15. The van der Waals surface area contributed by atoms with E-state index in [-0.39, 0.29) is 12.8 Å². The third kappa shape index (κ3) is 24.3. The van der Waals surface area contributed by atoms with E-state index in [2.05, 4.69) is 26.0 Å². The van der Waals surface area contributed by atoms with Crippen LogP contribution in [0.25, 0.3) is 0 Å². The minimum Gasteiger partial charge on any atom is -0.462 e. The average molecular weight is 795 g/mol. The Labute approximate surface area is 324 Å². The van der Waals surface area contributed by atoms with Gasteiger partial charge in [-0.25, -0.2) is 4.57 Å². The van der Waals surface area contributed by atoms with E-state index >= 15 is 0 Å². The summed E-state index contributed by atoms with van der Waals surface area (Å²) in [5.74, 6) is -1.10. The van der Waals surface area contributed by atoms with Crippen LogP contribution in [-0.2, 0) is 32.7 Å². The van der Waals surface area contributed by atoms with E-state index in [9.17, 15) is 44.6 Å². The van der Waals surface area contributed by atoms with Crippen LogP contribution in [0, 0.1) is 0 Å². The Kier molecular flexibility index (Phi) is 29.7. The Hall–Kier alpha value is -1.41. The van der Waals surface area contributed by atoms with Crippen molar-refractivity contribution in [1.82, 2.24) is 0 Å². The first kappa shape index (κ1) is 50.6. The van der Waals surface area contributed by atoms with Gasteiger partial charge in [0.1, 0.15) is 43.2 Å². The number of aliphatic hydroxyl groups is 5. The second-order valence-corrected chi connectivity index (χ2v) is 16.3. The summed E-state index contributed by atoms with van der Waals surface area (Å²) >= 11 is 0. The summed E-state index contributed by atoms with van der Waals surface area (Å²) in [6.45, 7) is 3.25. The van der Waals surface area contributed by atoms with Gasteiger partial charge in [0.25, 0.3) is 0 Å². The predicted octanol–water partition coefficient (Wildman–Crippen LogP) is 7.11. The van der Waals surface area contributed by atoms with E-state index < -0.39 is 75.7 Å². The van der Waals surface area contributed by atoms with Gasteiger partial charge >= 0.3 is 19.8 Å². The Bertz CT molecular complexity index is 1010. The summed E-state index contributed by atoms with van der Waals surface area (Å²) < 4.78 is 33.4. The number of phosphoric ester groups is 1. The van der Waals surface area contributed by atoms with Crippen LogP contribution in [0.3, 0.4) is 0 Å². The Morgan fingerprint density at radius 1 is 0.556 bits per heavy atom. The summed E-state index contributed by atoms with van der Waals surface area (Å²) in [6.07, 6.45) is 17.1. The fourth-order valence-corrected chi connectivity index (χ4v) is 7.37. The number of hydrogen-bond donors (Lipinski definition) is 6. The van der Waals surface area contributed by atoms with Crippen molar-refractivity contribution < 1.29 is 63.1 Å². The molecule has 54 heavy (non-hydrogen) atoms. The van der Waals surface area contributed by atoms with Crippen LogP contribution in [0.2, 0.25) is 0 Å². The van der Waals surface area contributed by atoms with Crippen molar-refractivity contribution in [2.75, 3.05) is 13.2 Å². The van der Waals surface area contributed by atoms with Crippen LogP contribution < -0.4 is 0 Å². The fraction of sp³-hybridized carbons (Fsp3) is 0.900. The molecule has 14 heteroatoms. The van der Waals surface area contributed by atoms with Crippen molar-refractivity contribution in [2.24, 2.45) is 0 Å². The molecule has 0 spiro atoms. The number of carbonyl (C=O) groups excluding carboxylic acids is 2. The van der Waals surface area contributed by atoms with E-state index in [1.54, 1.807) is 0 Å². The molecule has 0 heterocycles. The van der Waals surface area contributed by atoms with E-state index in [0.717, 1.165) is 57.8 Å². The molecular formula is C40H75O13P. The number of carbonyl (C=O) groups is 2. The van der Waals surface area contributed by atoms with Gasteiger partial charge in [0.05, 0.1) is 6.61 Å². The number of aliphatic hydroxyl groups excluding tert-OH is 5. The summed E-state index contributed by atoms with van der Waals surface area (Å²) in [4.78, 5) is 35.5. The lowest BCUT2D eigenvalue weighted by atomic mass is 9.85. The summed E-state index contributed by atoms with van der Waals surface area (Å²) in [5, 5.41) is 50.0. The number of phosphoric acid groups is 1. The van der Waals surface area contributed by atoms with Crippen molar-refractivity contribution in [3.63, 3.8) is 0 Å². The third-order valence-electron chi connectivity index (χ3n) is 9.86. The zero-order chi connectivity index (χ0) is 40.0. The van der Waals surface area contributed by atoms with Gasteiger partial charge in [-0.15, -0.1) is 0 Å². The lowest BCUT2D eigenvalue weighted by molar-refractivity contribution is -0.220. The highest BCUT2D eigenvalue weighted by Gasteiger charge is 2.51. The van der Waals surface area contributed by atoms with Crippen LogP contribution >= 0.6 is 7.82 Å². The first-order chi connectivity index (χ1) is 25.9. The molecule has 0 saturated heterocycles. The van der Waals surface area contributed by atoms with Gasteiger partial charge in [0.2, 0.25) is 0 Å². The molecule has 0 aromatic rings. The molecule has 0 aromatic carbocycles. The normalized spacial score (nSPS) is 23.3. The molecule has 0 radical (unpaired) electrons. The molecule has 1 fully saturated rings. The highest BCUT2D eigenvalue weighted by molar-refractivity contribution is 7.47. The topological polar surface area (TPSA) is 210 Å². The first-order valence-electron chi connectivity index (χ1n) is 21.0. The largest absolute Gasteiger partial charge is 0.472 e. The molecule has 1 aliphatic carbocycles. The monoisotopic (exact) mass is 794 g/mol. The van der Waals surface area contributed by atoms with Gasteiger partial charge in [0.15, 0.2) is 6.10 Å². The van der Waals surface area contributed by atoms with Gasteiger partial charge in [-0.3, -0.25) is 18.6 Å². The molecule has 0 amide bonds. The van der Waals surface area contributed by atoms with Crippen LogP contribution in [0.5, 0.6) is 0 Å². The molecule has 1 aliphatic rings. The zero-order valence-electron chi connectivity index (χ0n) is 33.3. The van der Waals surface area contributed by atoms with Gasteiger partial charge < -0.3 is 39.9 Å². The standard InChI is InChI=1S/C40H75O13P/c1-3-5-7-9-11-13-15-16-17-18-19-21-23-25-27-29-34(42)52-32(30-50-33(41)28-26-24-22-20-14-12-10-8-6-4-2)31-51-54(48,49)53-40-38(46)36(44)35(43)37(45)39(40)47/h13,15,32,35-40,43-47H,3-12,14,16-31H2,1-2H3,(H,48,49)/b15-13+/t32-,35?,36-,37?,38?,39?,40?/m1/s1. The van der Waals surface area contributed by atoms with Crippen LogP contribution in [0.1, 0.15) is 174 Å². The highest BCUT2D eigenvalue weighted by atomic mass is 31.2. The number of hydrogen-bond acceptors (Lipinski definition) is 12. The lowest BCUT2D eigenvalue weighted by Gasteiger charge is -2.41. The minimum absolute atomic E-state index is 0.0952. The molecule has 1 saturated carbocycles. The van der Waals surface area contributed by atoms with E-state index in [4.69, 9.17) is 18.5 Å². The quantitative estimate of drug-likeness (QED) is 0.0166. The second-order valence-electron chi connectivity index (χ2n) is 14.8. The van der Waals surface area contributed by atoms with Crippen molar-refractivity contribution in [1.29, 1.82) is 0 Å². The number of esters is 2. The molecule has 0 aliphatic heterocycles. The second kappa shape index (κ2) is 31.6. The molecule has 0 bridgehead atoms. The van der Waals surface area contributed by atoms with Gasteiger partial charge in [-0.1, -0.05) is 135 Å². The molecule has 8 atom stereocenters. The number of rotatable bonds is 34. The van der Waals surface area contributed by atoms with Crippen molar-refractivity contribution >= 4 is 19.8 Å². The number of ether oxygens (including phenoxy) is 2. The van der Waals surface area contributed by atoms with Crippen LogP contribution in [0.15, 0.2) is 12.2 Å². The lowest BCUT2D eigenvalue weighted by Crippen LogP contribution is -2.64. The molecule has 318 valence electrons. The molecule has 0 aromatic heterocycles. The highest BCUT2D eigenvalue weighted by Crippen LogP contribution is 2.47. The summed E-state index contributed by atoms with van der Waals surface area (Å²) in [6, 6.07) is 0. The van der Waals surface area contributed by atoms with E-state index in [1.165, 1.54) is 77.0 Å². The maximum Gasteiger partial charge on any atom is 0.472 e. The molecule has 1 rings (SSSR count). The van der Waals surface area contributed by atoms with Crippen molar-refractivity contribution in [3.8, 4) is 0 Å². The SMILES string of the molecule is CCCCCC/C=C/CCCCCCCCCC(=O)O[C@H](COC(=O)CCCCCCCCCCCC)COP(=O)(O)OC1C(O)C(O)C(O)[C@@H](O)C1O. The fourth-order valence-electron chi connectivity index (χ4n) is 6.40. The molecule has 6 N–H and O–H groups in total. The van der Waals surface area contributed by atoms with Gasteiger partial charge in [-0.05, 0) is 38.5 Å². The predicted molar refractivity (Wildman–Crippen MR) is 207 cm³/mol. The third-order valence-corrected chi connectivity index (χ3v) is 10.8. The van der Waals surface area contributed by atoms with E-state index in [0.29, 0.717) is 12.8 Å². The number of allylic oxidation sites excluding steroid dienone is 2. The number of unbranched alkanes of at least 4 members (excludes halogenated alkanes) is 20. The zero-order valence-corrected chi connectivity index (χ0v) is 34.2. The van der Waals surface area contributed by atoms with Crippen LogP contribution in [-0.4, -0.2) is 98.3 Å². The summed E-state index contributed by atoms with van der Waals surface area (Å²) in [7, 11) is -5.11. The summed E-state index contributed by atoms with van der Waals surface area (Å²) in [5.41, 5.74) is 0. The van der Waals surface area contributed by atoms with Crippen LogP contribution in [0.4, 0.5) is 0 Å². The molecule has 13 nitrogen and oxygen atoms in total. The van der Waals surface area contributed by atoms with Crippen molar-refractivity contribution in [2.45, 2.75) is 217 Å². The maximum absolute atomic E-state index is 12.8.